The summed E-state index contributed by atoms with van der Waals surface area (Å²) in [5, 5.41) is 9.97. The molecule has 1 heterocycles. The number of thiocarbonyl (C=S) groups is 1. The lowest BCUT2D eigenvalue weighted by molar-refractivity contribution is -0.144. The molecule has 1 atom stereocenters. The summed E-state index contributed by atoms with van der Waals surface area (Å²) in [6.45, 7) is 1.39. The molecule has 0 spiro atoms. The molecule has 0 radical (unpaired) electrons. The van der Waals surface area contributed by atoms with Crippen molar-refractivity contribution >= 4 is 52.2 Å². The molecule has 2 N–H and O–H groups in total. The molecule has 7 nitrogen and oxygen atoms in total. The molecule has 0 aromatic heterocycles. The summed E-state index contributed by atoms with van der Waals surface area (Å²) in [7, 11) is 0. The first-order valence-electron chi connectivity index (χ1n) is 8.59. The molecule has 0 bridgehead atoms. The van der Waals surface area contributed by atoms with Crippen molar-refractivity contribution in [3.05, 3.63) is 70.4 Å². The third-order valence-electron chi connectivity index (χ3n) is 3.97. The van der Waals surface area contributed by atoms with E-state index in [-0.39, 0.29) is 20.5 Å². The van der Waals surface area contributed by atoms with E-state index in [0.717, 1.165) is 28.9 Å². The molecule has 0 aliphatic carbocycles. The van der Waals surface area contributed by atoms with Gasteiger partial charge in [-0.2, -0.15) is 5.01 Å². The van der Waals surface area contributed by atoms with Gasteiger partial charge < -0.3 is 9.84 Å². The molecule has 1 aliphatic heterocycles. The number of hydrogen-bond donors (Lipinski definition) is 2. The lowest BCUT2D eigenvalue weighted by atomic mass is 10.2. The van der Waals surface area contributed by atoms with Gasteiger partial charge in [0.15, 0.2) is 10.4 Å². The number of halogens is 1. The number of thioether (sulfide) groups is 1. The third-order valence-corrected chi connectivity index (χ3v) is 5.27. The van der Waals surface area contributed by atoms with E-state index in [1.807, 2.05) is 0 Å². The Kier molecular flexibility index (Phi) is 6.48. The van der Waals surface area contributed by atoms with Gasteiger partial charge in [0.2, 0.25) is 0 Å². The van der Waals surface area contributed by atoms with Gasteiger partial charge in [-0.15, -0.1) is 0 Å². The topological polar surface area (TPSA) is 95.9 Å². The third kappa shape index (κ3) is 4.84. The summed E-state index contributed by atoms with van der Waals surface area (Å²) < 4.78 is 18.6. The standard InChI is InChI=1S/C20H15FN2O5S2/c1-11(19(26)27)28-15-5-3-2-4-13(15)10-16-18(25)23(20(29)30-16)22-17(24)12-6-8-14(21)9-7-12/h2-11H,1H3,(H,22,24)(H,26,27)/b16-10+. The lowest BCUT2D eigenvalue weighted by Gasteiger charge is -2.15. The lowest BCUT2D eigenvalue weighted by Crippen LogP contribution is -2.44. The highest BCUT2D eigenvalue weighted by atomic mass is 32.2. The highest BCUT2D eigenvalue weighted by molar-refractivity contribution is 8.26. The molecule has 0 saturated carbocycles. The number of carbonyl (C=O) groups excluding carboxylic acids is 2. The van der Waals surface area contributed by atoms with Crippen molar-refractivity contribution in [2.45, 2.75) is 13.0 Å². The van der Waals surface area contributed by atoms with Gasteiger partial charge in [0.05, 0.1) is 4.91 Å². The van der Waals surface area contributed by atoms with Crippen molar-refractivity contribution in [1.29, 1.82) is 0 Å². The number of carboxylic acid groups (broad SMARTS) is 1. The molecule has 1 fully saturated rings. The van der Waals surface area contributed by atoms with Crippen molar-refractivity contribution in [1.82, 2.24) is 10.4 Å². The van der Waals surface area contributed by atoms with Crippen molar-refractivity contribution < 1.29 is 28.6 Å². The maximum absolute atomic E-state index is 13.0. The van der Waals surface area contributed by atoms with Crippen LogP contribution in [-0.4, -0.2) is 38.3 Å². The second-order valence-corrected chi connectivity index (χ2v) is 7.78. The van der Waals surface area contributed by atoms with Gasteiger partial charge in [0.1, 0.15) is 11.6 Å². The molecule has 10 heteroatoms. The average Bonchev–Trinajstić information content (AvgIpc) is 2.97. The maximum Gasteiger partial charge on any atom is 0.344 e. The molecule has 3 rings (SSSR count). The summed E-state index contributed by atoms with van der Waals surface area (Å²) in [6.07, 6.45) is 0.428. The molecule has 154 valence electrons. The summed E-state index contributed by atoms with van der Waals surface area (Å²) in [5.41, 5.74) is 3.05. The van der Waals surface area contributed by atoms with Crippen LogP contribution in [0.1, 0.15) is 22.8 Å². The molecule has 2 aromatic rings. The second-order valence-electron chi connectivity index (χ2n) is 6.10. The first kappa shape index (κ1) is 21.5. The Morgan fingerprint density at radius 2 is 1.90 bits per heavy atom. The SMILES string of the molecule is CC(Oc1ccccc1/C=C1/SC(=S)N(NC(=O)c2ccc(F)cc2)C1=O)C(=O)O. The van der Waals surface area contributed by atoms with E-state index < -0.39 is 29.7 Å². The molecular weight excluding hydrogens is 431 g/mol. The van der Waals surface area contributed by atoms with Crippen LogP contribution in [0.2, 0.25) is 0 Å². The van der Waals surface area contributed by atoms with Crippen molar-refractivity contribution in [3.8, 4) is 5.75 Å². The molecule has 30 heavy (non-hydrogen) atoms. The largest absolute Gasteiger partial charge is 0.479 e. The van der Waals surface area contributed by atoms with Gasteiger partial charge in [-0.05, 0) is 55.5 Å². The zero-order valence-corrected chi connectivity index (χ0v) is 17.1. The highest BCUT2D eigenvalue weighted by Crippen LogP contribution is 2.33. The summed E-state index contributed by atoms with van der Waals surface area (Å²) in [5.74, 6) is -2.50. The molecule has 2 aromatic carbocycles. The summed E-state index contributed by atoms with van der Waals surface area (Å²) in [4.78, 5) is 36.3. The fraction of sp³-hybridized carbons (Fsp3) is 0.100. The van der Waals surface area contributed by atoms with Gasteiger partial charge in [-0.3, -0.25) is 15.0 Å². The minimum absolute atomic E-state index is 0.110. The van der Waals surface area contributed by atoms with E-state index in [9.17, 15) is 18.8 Å². The first-order chi connectivity index (χ1) is 14.3. The fourth-order valence-electron chi connectivity index (χ4n) is 2.42. The number of hydrogen-bond acceptors (Lipinski definition) is 6. The van der Waals surface area contributed by atoms with Gasteiger partial charge in [-0.1, -0.05) is 30.0 Å². The van der Waals surface area contributed by atoms with E-state index in [1.165, 1.54) is 25.1 Å². The summed E-state index contributed by atoms with van der Waals surface area (Å²) >= 11 is 6.15. The van der Waals surface area contributed by atoms with Crippen LogP contribution in [0, 0.1) is 5.82 Å². The van der Waals surface area contributed by atoms with Crippen LogP contribution < -0.4 is 10.2 Å². The van der Waals surface area contributed by atoms with Crippen LogP contribution in [0.5, 0.6) is 5.75 Å². The monoisotopic (exact) mass is 446 g/mol. The minimum Gasteiger partial charge on any atom is -0.479 e. The van der Waals surface area contributed by atoms with Crippen LogP contribution in [0.4, 0.5) is 4.39 Å². The predicted molar refractivity (Wildman–Crippen MR) is 113 cm³/mol. The van der Waals surface area contributed by atoms with Crippen molar-refractivity contribution in [3.63, 3.8) is 0 Å². The number of aliphatic carboxylic acids is 1. The molecule has 1 unspecified atom stereocenters. The van der Waals surface area contributed by atoms with Crippen LogP contribution in [0.15, 0.2) is 53.4 Å². The number of carboxylic acids is 1. The predicted octanol–water partition coefficient (Wildman–Crippen LogP) is 3.22. The summed E-state index contributed by atoms with van der Waals surface area (Å²) in [6, 6.07) is 11.5. The Morgan fingerprint density at radius 3 is 2.57 bits per heavy atom. The minimum atomic E-state index is -1.13. The molecule has 2 amide bonds. The van der Waals surface area contributed by atoms with Gasteiger partial charge in [0, 0.05) is 11.1 Å². The van der Waals surface area contributed by atoms with Crippen molar-refractivity contribution in [2.75, 3.05) is 0 Å². The van der Waals surface area contributed by atoms with Crippen LogP contribution in [0.25, 0.3) is 6.08 Å². The first-order valence-corrected chi connectivity index (χ1v) is 9.81. The molecule has 1 aliphatic rings. The Balaban J connectivity index is 1.79. The van der Waals surface area contributed by atoms with Gasteiger partial charge in [0.25, 0.3) is 11.8 Å². The number of rotatable bonds is 6. The number of benzene rings is 2. The van der Waals surface area contributed by atoms with E-state index in [0.29, 0.717) is 5.56 Å². The maximum atomic E-state index is 13.0. The van der Waals surface area contributed by atoms with Gasteiger partial charge >= 0.3 is 5.97 Å². The normalized spacial score (nSPS) is 15.9. The van der Waals surface area contributed by atoms with Crippen LogP contribution in [0.3, 0.4) is 0 Å². The number of carbonyl (C=O) groups is 3. The number of hydrazine groups is 1. The number of ether oxygens (including phenoxy) is 1. The van der Waals surface area contributed by atoms with E-state index in [2.05, 4.69) is 5.43 Å². The Bertz CT molecular complexity index is 1060. The van der Waals surface area contributed by atoms with E-state index >= 15 is 0 Å². The Morgan fingerprint density at radius 1 is 1.23 bits per heavy atom. The Labute approximate surface area is 180 Å². The number of amides is 2. The number of nitrogens with one attached hydrogen (secondary N) is 1. The smallest absolute Gasteiger partial charge is 0.344 e. The highest BCUT2D eigenvalue weighted by Gasteiger charge is 2.34. The fourth-order valence-corrected chi connectivity index (χ4v) is 3.59. The zero-order valence-electron chi connectivity index (χ0n) is 15.5. The average molecular weight is 446 g/mol. The molecular formula is C20H15FN2O5S2. The zero-order chi connectivity index (χ0) is 21.8. The van der Waals surface area contributed by atoms with Crippen molar-refractivity contribution in [2.24, 2.45) is 0 Å². The Hall–Kier alpha value is -3.24. The van der Waals surface area contributed by atoms with E-state index in [4.69, 9.17) is 22.1 Å². The van der Waals surface area contributed by atoms with Crippen LogP contribution >= 0.6 is 24.0 Å². The number of nitrogens with zero attached hydrogens (tertiary/aromatic N) is 1. The number of para-hydroxylation sites is 1. The quantitative estimate of drug-likeness (QED) is 0.520. The second kappa shape index (κ2) is 9.06. The molecule has 1 saturated heterocycles. The van der Waals surface area contributed by atoms with Crippen LogP contribution in [-0.2, 0) is 9.59 Å². The van der Waals surface area contributed by atoms with Gasteiger partial charge in [-0.25, -0.2) is 9.18 Å². The van der Waals surface area contributed by atoms with E-state index in [1.54, 1.807) is 24.3 Å².